The first kappa shape index (κ1) is 18.7. The average Bonchev–Trinajstić information content (AvgIpc) is 2.89. The molecule has 0 atom stereocenters. The van der Waals surface area contributed by atoms with Gasteiger partial charge in [-0.3, -0.25) is 4.79 Å². The number of hydrogen-bond donors (Lipinski definition) is 2. The Kier molecular flexibility index (Phi) is 6.59. The van der Waals surface area contributed by atoms with Gasteiger partial charge in [-0.25, -0.2) is 8.42 Å². The Hall–Kier alpha value is -1.64. The first-order valence-electron chi connectivity index (χ1n) is 8.13. The molecule has 0 bridgehead atoms. The summed E-state index contributed by atoms with van der Waals surface area (Å²) < 4.78 is 32.5. The maximum atomic E-state index is 12.9. The minimum absolute atomic E-state index is 0.0936. The Morgan fingerprint density at radius 1 is 1.33 bits per heavy atom. The van der Waals surface area contributed by atoms with Gasteiger partial charge in [0.1, 0.15) is 5.75 Å². The van der Waals surface area contributed by atoms with E-state index in [0.717, 1.165) is 13.0 Å². The van der Waals surface area contributed by atoms with Gasteiger partial charge in [0.25, 0.3) is 0 Å². The van der Waals surface area contributed by atoms with E-state index in [1.54, 1.807) is 25.1 Å². The largest absolute Gasteiger partial charge is 0.496 e. The molecule has 1 fully saturated rings. The highest BCUT2D eigenvalue weighted by molar-refractivity contribution is 7.89. The Balaban J connectivity index is 2.27. The zero-order chi connectivity index (χ0) is 17.6. The van der Waals surface area contributed by atoms with Gasteiger partial charge in [0.15, 0.2) is 0 Å². The summed E-state index contributed by atoms with van der Waals surface area (Å²) in [4.78, 5) is 11.7. The maximum absolute atomic E-state index is 12.9. The first-order valence-corrected chi connectivity index (χ1v) is 9.57. The molecule has 24 heavy (non-hydrogen) atoms. The molecular formula is C16H25N3O4S. The normalized spacial score (nSPS) is 16.4. The number of amides is 1. The van der Waals surface area contributed by atoms with Crippen molar-refractivity contribution in [2.75, 3.05) is 33.3 Å². The quantitative estimate of drug-likeness (QED) is 0.784. The predicted octanol–water partition coefficient (Wildman–Crippen LogP) is 0.705. The molecule has 1 aromatic rings. The number of carbonyl (C=O) groups excluding carboxylic acids is 1. The van der Waals surface area contributed by atoms with Gasteiger partial charge in [0.2, 0.25) is 15.9 Å². The van der Waals surface area contributed by atoms with E-state index in [-0.39, 0.29) is 17.3 Å². The second-order valence-corrected chi connectivity index (χ2v) is 7.55. The number of nitrogens with one attached hydrogen (secondary N) is 2. The third-order valence-electron chi connectivity index (χ3n) is 3.99. The summed E-state index contributed by atoms with van der Waals surface area (Å²) in [5, 5.41) is 5.95. The molecule has 0 unspecified atom stereocenters. The molecule has 0 spiro atoms. The van der Waals surface area contributed by atoms with Crippen molar-refractivity contribution in [3.05, 3.63) is 23.8 Å². The van der Waals surface area contributed by atoms with Gasteiger partial charge in [-0.15, -0.1) is 0 Å². The zero-order valence-electron chi connectivity index (χ0n) is 14.2. The topological polar surface area (TPSA) is 87.7 Å². The van der Waals surface area contributed by atoms with Crippen LogP contribution in [0.25, 0.3) is 0 Å². The molecule has 2 rings (SSSR count). The van der Waals surface area contributed by atoms with Crippen LogP contribution in [0.2, 0.25) is 0 Å². The summed E-state index contributed by atoms with van der Waals surface area (Å²) in [6, 6.07) is 4.77. The molecule has 1 amide bonds. The Morgan fingerprint density at radius 3 is 2.83 bits per heavy atom. The van der Waals surface area contributed by atoms with Crippen molar-refractivity contribution in [2.45, 2.75) is 31.2 Å². The summed E-state index contributed by atoms with van der Waals surface area (Å²) in [5.74, 6) is 0.465. The van der Waals surface area contributed by atoms with E-state index in [1.165, 1.54) is 11.4 Å². The lowest BCUT2D eigenvalue weighted by atomic mass is 10.2. The molecule has 0 radical (unpaired) electrons. The Morgan fingerprint density at radius 2 is 2.12 bits per heavy atom. The summed E-state index contributed by atoms with van der Waals surface area (Å²) in [6.07, 6.45) is 1.16. The lowest BCUT2D eigenvalue weighted by molar-refractivity contribution is -0.120. The number of benzene rings is 1. The van der Waals surface area contributed by atoms with Crippen molar-refractivity contribution in [2.24, 2.45) is 0 Å². The van der Waals surface area contributed by atoms with Gasteiger partial charge in [0, 0.05) is 38.2 Å². The third kappa shape index (κ3) is 4.46. The molecular weight excluding hydrogens is 330 g/mol. The lowest BCUT2D eigenvalue weighted by Crippen LogP contribution is -2.34. The van der Waals surface area contributed by atoms with Crippen LogP contribution in [-0.2, 0) is 21.4 Å². The standard InChI is InChI=1S/C16H25N3O4S/c1-3-16(20)18-12-13-11-14(5-6-15(13)23-2)24(21,22)19-9-4-7-17-8-10-19/h5-6,11,17H,3-4,7-10,12H2,1-2H3,(H,18,20). The number of nitrogens with zero attached hydrogens (tertiary/aromatic N) is 1. The number of sulfonamides is 1. The predicted molar refractivity (Wildman–Crippen MR) is 91.4 cm³/mol. The van der Waals surface area contributed by atoms with Crippen LogP contribution in [0.15, 0.2) is 23.1 Å². The van der Waals surface area contributed by atoms with Crippen LogP contribution >= 0.6 is 0 Å². The molecule has 134 valence electrons. The molecule has 1 heterocycles. The minimum atomic E-state index is -3.55. The fraction of sp³-hybridized carbons (Fsp3) is 0.562. The van der Waals surface area contributed by atoms with Crippen molar-refractivity contribution < 1.29 is 17.9 Å². The number of carbonyl (C=O) groups is 1. The molecule has 1 saturated heterocycles. The van der Waals surface area contributed by atoms with E-state index in [0.29, 0.717) is 37.4 Å². The summed E-state index contributed by atoms with van der Waals surface area (Å²) >= 11 is 0. The molecule has 1 aromatic carbocycles. The summed E-state index contributed by atoms with van der Waals surface area (Å²) in [5.41, 5.74) is 0.647. The number of hydrogen-bond acceptors (Lipinski definition) is 5. The second kappa shape index (κ2) is 8.46. The molecule has 1 aliphatic heterocycles. The highest BCUT2D eigenvalue weighted by Gasteiger charge is 2.25. The van der Waals surface area contributed by atoms with Crippen LogP contribution in [-0.4, -0.2) is 51.9 Å². The number of methoxy groups -OCH3 is 1. The van der Waals surface area contributed by atoms with Gasteiger partial charge in [-0.1, -0.05) is 6.92 Å². The molecule has 8 heteroatoms. The van der Waals surface area contributed by atoms with Crippen LogP contribution in [0.5, 0.6) is 5.75 Å². The fourth-order valence-corrected chi connectivity index (χ4v) is 4.11. The monoisotopic (exact) mass is 355 g/mol. The first-order chi connectivity index (χ1) is 11.5. The van der Waals surface area contributed by atoms with E-state index >= 15 is 0 Å². The van der Waals surface area contributed by atoms with Crippen LogP contribution < -0.4 is 15.4 Å². The molecule has 0 aromatic heterocycles. The zero-order valence-corrected chi connectivity index (χ0v) is 15.0. The highest BCUT2D eigenvalue weighted by Crippen LogP contribution is 2.25. The Bertz CT molecular complexity index is 668. The lowest BCUT2D eigenvalue weighted by Gasteiger charge is -2.20. The number of ether oxygens (including phenoxy) is 1. The van der Waals surface area contributed by atoms with E-state index in [9.17, 15) is 13.2 Å². The second-order valence-electron chi connectivity index (χ2n) is 5.61. The van der Waals surface area contributed by atoms with Gasteiger partial charge in [-0.2, -0.15) is 4.31 Å². The van der Waals surface area contributed by atoms with Gasteiger partial charge in [0.05, 0.1) is 12.0 Å². The van der Waals surface area contributed by atoms with Crippen LogP contribution in [0.1, 0.15) is 25.3 Å². The molecule has 1 aliphatic rings. The van der Waals surface area contributed by atoms with Crippen LogP contribution in [0.3, 0.4) is 0 Å². The van der Waals surface area contributed by atoms with E-state index in [2.05, 4.69) is 10.6 Å². The van der Waals surface area contributed by atoms with Crippen molar-refractivity contribution in [3.63, 3.8) is 0 Å². The SMILES string of the molecule is CCC(=O)NCc1cc(S(=O)(=O)N2CCCNCC2)ccc1OC. The number of rotatable bonds is 6. The average molecular weight is 355 g/mol. The molecule has 0 saturated carbocycles. The smallest absolute Gasteiger partial charge is 0.243 e. The fourth-order valence-electron chi connectivity index (χ4n) is 2.58. The summed E-state index contributed by atoms with van der Waals surface area (Å²) in [7, 11) is -2.03. The van der Waals surface area contributed by atoms with Crippen molar-refractivity contribution in [3.8, 4) is 5.75 Å². The minimum Gasteiger partial charge on any atom is -0.496 e. The van der Waals surface area contributed by atoms with Crippen LogP contribution in [0.4, 0.5) is 0 Å². The molecule has 0 aliphatic carbocycles. The third-order valence-corrected chi connectivity index (χ3v) is 5.88. The van der Waals surface area contributed by atoms with E-state index < -0.39 is 10.0 Å². The van der Waals surface area contributed by atoms with E-state index in [1.807, 2.05) is 0 Å². The van der Waals surface area contributed by atoms with Gasteiger partial charge >= 0.3 is 0 Å². The van der Waals surface area contributed by atoms with Crippen molar-refractivity contribution in [1.82, 2.24) is 14.9 Å². The van der Waals surface area contributed by atoms with Crippen LogP contribution in [0, 0.1) is 0 Å². The Labute approximate surface area is 143 Å². The molecule has 7 nitrogen and oxygen atoms in total. The van der Waals surface area contributed by atoms with E-state index in [4.69, 9.17) is 4.74 Å². The molecule has 2 N–H and O–H groups in total. The summed E-state index contributed by atoms with van der Waals surface area (Å²) in [6.45, 7) is 4.43. The highest BCUT2D eigenvalue weighted by atomic mass is 32.2. The van der Waals surface area contributed by atoms with Crippen molar-refractivity contribution in [1.29, 1.82) is 0 Å². The van der Waals surface area contributed by atoms with Crippen molar-refractivity contribution >= 4 is 15.9 Å². The maximum Gasteiger partial charge on any atom is 0.243 e. The van der Waals surface area contributed by atoms with Gasteiger partial charge in [-0.05, 0) is 31.2 Å². The van der Waals surface area contributed by atoms with Gasteiger partial charge < -0.3 is 15.4 Å².